The topological polar surface area (TPSA) is 99.4 Å². The van der Waals surface area contributed by atoms with E-state index in [-0.39, 0.29) is 28.0 Å². The molecule has 0 bridgehead atoms. The molecule has 0 aliphatic carbocycles. The van der Waals surface area contributed by atoms with E-state index in [9.17, 15) is 23.1 Å². The lowest BCUT2D eigenvalue weighted by molar-refractivity contribution is -0.146. The summed E-state index contributed by atoms with van der Waals surface area (Å²) in [6, 6.07) is 7.46. The summed E-state index contributed by atoms with van der Waals surface area (Å²) >= 11 is 6.15. The molecule has 2 aromatic heterocycles. The van der Waals surface area contributed by atoms with Gasteiger partial charge in [-0.05, 0) is 30.3 Å². The Hall–Kier alpha value is -3.18. The van der Waals surface area contributed by atoms with Crippen LogP contribution in [0.3, 0.4) is 0 Å². The van der Waals surface area contributed by atoms with Crippen molar-refractivity contribution in [2.24, 2.45) is 0 Å². The molecule has 31 heavy (non-hydrogen) atoms. The summed E-state index contributed by atoms with van der Waals surface area (Å²) in [5.74, 6) is -2.71. The summed E-state index contributed by atoms with van der Waals surface area (Å²) < 4.78 is 53.2. The first-order valence-electron chi connectivity index (χ1n) is 8.89. The minimum atomic E-state index is -4.85. The number of alkyl halides is 3. The number of aliphatic carboxylic acids is 1. The fourth-order valence-corrected chi connectivity index (χ4v) is 3.66. The second-order valence-corrected chi connectivity index (χ2v) is 7.06. The maximum Gasteiger partial charge on any atom is 0.452 e. The van der Waals surface area contributed by atoms with Gasteiger partial charge in [0.1, 0.15) is 12.2 Å². The van der Waals surface area contributed by atoms with Crippen molar-refractivity contribution in [3.63, 3.8) is 0 Å². The summed E-state index contributed by atoms with van der Waals surface area (Å²) in [6.07, 6.45) is -6.39. The Labute approximate surface area is 178 Å². The van der Waals surface area contributed by atoms with Gasteiger partial charge in [0, 0.05) is 22.3 Å². The SMILES string of the molecule is COc1ncccc1[C@H]1O[C@H](CC(=O)O)c2nnc(C(F)(F)F)n2-c2ccc(Cl)cc21. The maximum atomic E-state index is 13.7. The van der Waals surface area contributed by atoms with Gasteiger partial charge in [-0.1, -0.05) is 11.6 Å². The first-order chi connectivity index (χ1) is 14.7. The number of fused-ring (bicyclic) bond motifs is 3. The van der Waals surface area contributed by atoms with Crippen molar-refractivity contribution < 1.29 is 32.5 Å². The average molecular weight is 455 g/mol. The van der Waals surface area contributed by atoms with Gasteiger partial charge < -0.3 is 14.6 Å². The third-order valence-electron chi connectivity index (χ3n) is 4.68. The number of rotatable bonds is 4. The smallest absolute Gasteiger partial charge is 0.452 e. The van der Waals surface area contributed by atoms with Gasteiger partial charge in [-0.25, -0.2) is 4.98 Å². The number of carbonyl (C=O) groups is 1. The van der Waals surface area contributed by atoms with Crippen molar-refractivity contribution in [3.8, 4) is 11.6 Å². The normalized spacial score (nSPS) is 18.1. The molecule has 3 aromatic rings. The number of halogens is 4. The zero-order valence-electron chi connectivity index (χ0n) is 15.8. The number of carboxylic acids is 1. The number of pyridine rings is 1. The average Bonchev–Trinajstić information content (AvgIpc) is 3.11. The van der Waals surface area contributed by atoms with Gasteiger partial charge in [-0.2, -0.15) is 13.2 Å². The standard InChI is InChI=1S/C19H14ClF3N4O4/c1-30-17-10(3-2-6-24-17)15-11-7-9(20)4-5-12(11)27-16(13(31-15)8-14(28)29)25-26-18(27)19(21,22)23/h2-7,13,15H,8H2,1H3,(H,28,29)/t13-,15-/m1/s1. The second kappa shape index (κ2) is 7.82. The number of methoxy groups -OCH3 is 1. The molecular formula is C19H14ClF3N4O4. The van der Waals surface area contributed by atoms with Crippen LogP contribution in [0.2, 0.25) is 5.02 Å². The van der Waals surface area contributed by atoms with E-state index in [1.165, 1.54) is 31.5 Å². The lowest BCUT2D eigenvalue weighted by Crippen LogP contribution is -2.17. The molecule has 1 N–H and O–H groups in total. The predicted octanol–water partition coefficient (Wildman–Crippen LogP) is 3.98. The number of ether oxygens (including phenoxy) is 2. The molecule has 0 saturated heterocycles. The lowest BCUT2D eigenvalue weighted by atomic mass is 10.00. The highest BCUT2D eigenvalue weighted by Gasteiger charge is 2.43. The van der Waals surface area contributed by atoms with Crippen LogP contribution in [-0.2, 0) is 15.7 Å². The van der Waals surface area contributed by atoms with Crippen LogP contribution in [0, 0.1) is 0 Å². The van der Waals surface area contributed by atoms with E-state index >= 15 is 0 Å². The Morgan fingerprint density at radius 3 is 2.74 bits per heavy atom. The highest BCUT2D eigenvalue weighted by molar-refractivity contribution is 6.30. The highest BCUT2D eigenvalue weighted by Crippen LogP contribution is 2.45. The minimum Gasteiger partial charge on any atom is -0.481 e. The van der Waals surface area contributed by atoms with Crippen LogP contribution in [0.4, 0.5) is 13.2 Å². The van der Waals surface area contributed by atoms with E-state index in [2.05, 4.69) is 15.2 Å². The van der Waals surface area contributed by atoms with Crippen LogP contribution in [-0.4, -0.2) is 37.9 Å². The predicted molar refractivity (Wildman–Crippen MR) is 100 cm³/mol. The molecule has 162 valence electrons. The molecule has 2 atom stereocenters. The van der Waals surface area contributed by atoms with E-state index in [0.29, 0.717) is 5.56 Å². The molecular weight excluding hydrogens is 441 g/mol. The third kappa shape index (κ3) is 3.81. The van der Waals surface area contributed by atoms with Crippen LogP contribution >= 0.6 is 11.6 Å². The highest BCUT2D eigenvalue weighted by atomic mass is 35.5. The molecule has 8 nitrogen and oxygen atoms in total. The van der Waals surface area contributed by atoms with Crippen LogP contribution < -0.4 is 4.74 Å². The molecule has 1 aliphatic rings. The van der Waals surface area contributed by atoms with Gasteiger partial charge in [-0.15, -0.1) is 10.2 Å². The molecule has 12 heteroatoms. The number of hydrogen-bond acceptors (Lipinski definition) is 6. The molecule has 0 saturated carbocycles. The second-order valence-electron chi connectivity index (χ2n) is 6.62. The van der Waals surface area contributed by atoms with Gasteiger partial charge >= 0.3 is 12.1 Å². The van der Waals surface area contributed by atoms with Crippen molar-refractivity contribution >= 4 is 17.6 Å². The summed E-state index contributed by atoms with van der Waals surface area (Å²) in [7, 11) is 1.38. The van der Waals surface area contributed by atoms with Gasteiger partial charge in [0.2, 0.25) is 11.7 Å². The van der Waals surface area contributed by atoms with Gasteiger partial charge in [0.15, 0.2) is 5.82 Å². The Morgan fingerprint density at radius 1 is 1.29 bits per heavy atom. The molecule has 0 radical (unpaired) electrons. The van der Waals surface area contributed by atoms with Crippen LogP contribution in [0.15, 0.2) is 36.5 Å². The zero-order chi connectivity index (χ0) is 22.3. The van der Waals surface area contributed by atoms with Crippen molar-refractivity contribution in [2.45, 2.75) is 24.8 Å². The fourth-order valence-electron chi connectivity index (χ4n) is 3.48. The van der Waals surface area contributed by atoms with Gasteiger partial charge in [-0.3, -0.25) is 9.36 Å². The lowest BCUT2D eigenvalue weighted by Gasteiger charge is -2.23. The Morgan fingerprint density at radius 2 is 2.06 bits per heavy atom. The fraction of sp³-hybridized carbons (Fsp3) is 0.263. The molecule has 3 heterocycles. The first-order valence-corrected chi connectivity index (χ1v) is 9.27. The van der Waals surface area contributed by atoms with Gasteiger partial charge in [0.25, 0.3) is 0 Å². The van der Waals surface area contributed by atoms with Crippen molar-refractivity contribution in [3.05, 3.63) is 64.3 Å². The summed E-state index contributed by atoms with van der Waals surface area (Å²) in [5.41, 5.74) is 0.690. The number of hydrogen-bond donors (Lipinski definition) is 1. The van der Waals surface area contributed by atoms with E-state index in [4.69, 9.17) is 21.1 Å². The maximum absolute atomic E-state index is 13.7. The quantitative estimate of drug-likeness (QED) is 0.636. The van der Waals surface area contributed by atoms with E-state index in [1.807, 2.05) is 0 Å². The van der Waals surface area contributed by atoms with Crippen LogP contribution in [0.25, 0.3) is 5.69 Å². The number of nitrogens with zero attached hydrogens (tertiary/aromatic N) is 4. The minimum absolute atomic E-state index is 0.0560. The first kappa shape index (κ1) is 21.1. The van der Waals surface area contributed by atoms with E-state index < -0.39 is 36.6 Å². The van der Waals surface area contributed by atoms with Crippen LogP contribution in [0.5, 0.6) is 5.88 Å². The molecule has 0 amide bonds. The molecule has 0 fully saturated rings. The molecule has 0 unspecified atom stereocenters. The number of aromatic nitrogens is 4. The third-order valence-corrected chi connectivity index (χ3v) is 4.91. The van der Waals surface area contributed by atoms with Crippen molar-refractivity contribution in [1.82, 2.24) is 19.7 Å². The molecule has 4 rings (SSSR count). The van der Waals surface area contributed by atoms with E-state index in [1.54, 1.807) is 12.1 Å². The summed E-state index contributed by atoms with van der Waals surface area (Å²) in [5, 5.41) is 16.5. The molecule has 1 aromatic carbocycles. The Bertz CT molecular complexity index is 1150. The monoisotopic (exact) mass is 454 g/mol. The summed E-state index contributed by atoms with van der Waals surface area (Å²) in [6.45, 7) is 0. The summed E-state index contributed by atoms with van der Waals surface area (Å²) in [4.78, 5) is 15.6. The van der Waals surface area contributed by atoms with Crippen molar-refractivity contribution in [1.29, 1.82) is 0 Å². The number of carboxylic acid groups (broad SMARTS) is 1. The molecule has 0 spiro atoms. The van der Waals surface area contributed by atoms with E-state index in [0.717, 1.165) is 4.57 Å². The Kier molecular flexibility index (Phi) is 5.31. The largest absolute Gasteiger partial charge is 0.481 e. The van der Waals surface area contributed by atoms with Crippen molar-refractivity contribution in [2.75, 3.05) is 7.11 Å². The van der Waals surface area contributed by atoms with Gasteiger partial charge in [0.05, 0.1) is 19.2 Å². The van der Waals surface area contributed by atoms with Crippen LogP contribution in [0.1, 0.15) is 41.4 Å². The zero-order valence-corrected chi connectivity index (χ0v) is 16.6. The molecule has 1 aliphatic heterocycles. The number of benzene rings is 1. The Balaban J connectivity index is 2.03.